The van der Waals surface area contributed by atoms with Crippen LogP contribution in [0.3, 0.4) is 0 Å². The van der Waals surface area contributed by atoms with Gasteiger partial charge in [0.15, 0.2) is 11.6 Å². The summed E-state index contributed by atoms with van der Waals surface area (Å²) in [6.45, 7) is 4.67. The average molecular weight is 436 g/mol. The number of likely N-dealkylation sites (N-methyl/N-ethyl adjacent to an activating group) is 1. The Kier molecular flexibility index (Phi) is 5.75. The molecule has 1 unspecified atom stereocenters. The Labute approximate surface area is 184 Å². The molecular weight excluding hydrogens is 398 g/mol. The number of ketones is 2. The van der Waals surface area contributed by atoms with Gasteiger partial charge in [0, 0.05) is 23.8 Å². The number of nitrogens with zero attached hydrogens (tertiary/aromatic N) is 1. The third-order valence-electron chi connectivity index (χ3n) is 9.41. The molecule has 4 aliphatic rings. The molecule has 0 heterocycles. The molecule has 31 heavy (non-hydrogen) atoms. The first-order chi connectivity index (χ1) is 14.5. The standard InChI is InChI=1S/C24H37NO6/c1-22-12-20(29)19(28)11-17(22)18(27)10-16-14(22)4-6-23(2)15(5-7-24(16,23)31)21(30)13-25(3)8-9-26/h10,14-15,17,19-20,26,28-29,31H,4-9,11-13H2,1-3H3/t14?,15-,17+,19-,20+,22-,23-,24-/m1/s1. The van der Waals surface area contributed by atoms with E-state index in [0.717, 1.165) is 12.0 Å². The van der Waals surface area contributed by atoms with Crippen molar-refractivity contribution in [2.24, 2.45) is 28.6 Å². The van der Waals surface area contributed by atoms with Crippen molar-refractivity contribution in [3.05, 3.63) is 11.6 Å². The van der Waals surface area contributed by atoms with Crippen LogP contribution in [-0.4, -0.2) is 81.4 Å². The average Bonchev–Trinajstić information content (AvgIpc) is 2.96. The van der Waals surface area contributed by atoms with Crippen LogP contribution in [0.25, 0.3) is 0 Å². The van der Waals surface area contributed by atoms with Gasteiger partial charge in [0.05, 0.1) is 31.0 Å². The number of aliphatic hydroxyl groups is 4. The molecule has 0 spiro atoms. The summed E-state index contributed by atoms with van der Waals surface area (Å²) in [7, 11) is 1.81. The summed E-state index contributed by atoms with van der Waals surface area (Å²) in [6.07, 6.45) is 2.92. The maximum absolute atomic E-state index is 13.1. The molecule has 3 fully saturated rings. The minimum Gasteiger partial charge on any atom is -0.395 e. The number of carbonyl (C=O) groups is 2. The van der Waals surface area contributed by atoms with E-state index in [9.17, 15) is 24.9 Å². The molecule has 0 saturated heterocycles. The largest absolute Gasteiger partial charge is 0.395 e. The number of fused-ring (bicyclic) bond motifs is 5. The van der Waals surface area contributed by atoms with Gasteiger partial charge in [0.1, 0.15) is 0 Å². The number of aliphatic hydroxyl groups excluding tert-OH is 3. The van der Waals surface area contributed by atoms with Gasteiger partial charge in [-0.05, 0) is 68.6 Å². The van der Waals surface area contributed by atoms with Gasteiger partial charge >= 0.3 is 0 Å². The van der Waals surface area contributed by atoms with E-state index >= 15 is 0 Å². The van der Waals surface area contributed by atoms with Crippen molar-refractivity contribution in [3.63, 3.8) is 0 Å². The highest BCUT2D eigenvalue weighted by Crippen LogP contribution is 2.67. The van der Waals surface area contributed by atoms with Gasteiger partial charge in [-0.25, -0.2) is 0 Å². The van der Waals surface area contributed by atoms with Gasteiger partial charge in [0.2, 0.25) is 0 Å². The first-order valence-electron chi connectivity index (χ1n) is 11.6. The Morgan fingerprint density at radius 3 is 2.55 bits per heavy atom. The Morgan fingerprint density at radius 2 is 1.87 bits per heavy atom. The second-order valence-electron chi connectivity index (χ2n) is 11.0. The fourth-order valence-electron chi connectivity index (χ4n) is 7.51. The zero-order valence-electron chi connectivity index (χ0n) is 18.9. The highest BCUT2D eigenvalue weighted by Gasteiger charge is 2.67. The summed E-state index contributed by atoms with van der Waals surface area (Å²) in [5.41, 5.74) is -1.60. The molecular formula is C24H37NO6. The van der Waals surface area contributed by atoms with Crippen molar-refractivity contribution < 1.29 is 30.0 Å². The van der Waals surface area contributed by atoms with E-state index in [2.05, 4.69) is 0 Å². The monoisotopic (exact) mass is 435 g/mol. The van der Waals surface area contributed by atoms with Crippen LogP contribution < -0.4 is 0 Å². The third-order valence-corrected chi connectivity index (χ3v) is 9.41. The highest BCUT2D eigenvalue weighted by molar-refractivity contribution is 5.95. The maximum Gasteiger partial charge on any atom is 0.159 e. The Balaban J connectivity index is 1.66. The fraction of sp³-hybridized carbons (Fsp3) is 0.833. The number of hydrogen-bond donors (Lipinski definition) is 4. The molecule has 4 aliphatic carbocycles. The number of rotatable bonds is 5. The predicted molar refractivity (Wildman–Crippen MR) is 114 cm³/mol. The van der Waals surface area contributed by atoms with Crippen LogP contribution in [0.15, 0.2) is 11.6 Å². The van der Waals surface area contributed by atoms with Crippen molar-refractivity contribution in [2.45, 2.75) is 70.2 Å². The minimum atomic E-state index is -1.21. The smallest absolute Gasteiger partial charge is 0.159 e. The highest BCUT2D eigenvalue weighted by atomic mass is 16.3. The van der Waals surface area contributed by atoms with Crippen LogP contribution in [0.4, 0.5) is 0 Å². The van der Waals surface area contributed by atoms with E-state index < -0.39 is 28.6 Å². The van der Waals surface area contributed by atoms with Crippen molar-refractivity contribution in [2.75, 3.05) is 26.7 Å². The summed E-state index contributed by atoms with van der Waals surface area (Å²) in [4.78, 5) is 28.1. The third kappa shape index (κ3) is 3.27. The van der Waals surface area contributed by atoms with E-state index in [0.29, 0.717) is 32.2 Å². The van der Waals surface area contributed by atoms with Crippen LogP contribution in [0, 0.1) is 28.6 Å². The van der Waals surface area contributed by atoms with Gasteiger partial charge in [-0.1, -0.05) is 13.8 Å². The zero-order valence-corrected chi connectivity index (χ0v) is 18.9. The van der Waals surface area contributed by atoms with E-state index in [1.165, 1.54) is 0 Å². The number of hydrogen-bond acceptors (Lipinski definition) is 7. The molecule has 0 radical (unpaired) electrons. The quantitative estimate of drug-likeness (QED) is 0.502. The first-order valence-corrected chi connectivity index (χ1v) is 11.6. The van der Waals surface area contributed by atoms with Crippen LogP contribution in [0.1, 0.15) is 52.4 Å². The summed E-state index contributed by atoms with van der Waals surface area (Å²) in [5, 5.41) is 41.7. The first kappa shape index (κ1) is 23.1. The number of allylic oxidation sites excluding steroid dienone is 1. The molecule has 174 valence electrons. The molecule has 7 nitrogen and oxygen atoms in total. The summed E-state index contributed by atoms with van der Waals surface area (Å²) >= 11 is 0. The fourth-order valence-corrected chi connectivity index (χ4v) is 7.51. The summed E-state index contributed by atoms with van der Waals surface area (Å²) in [5.74, 6) is -0.675. The molecule has 4 N–H and O–H groups in total. The lowest BCUT2D eigenvalue weighted by atomic mass is 9.46. The second kappa shape index (κ2) is 7.73. The maximum atomic E-state index is 13.1. The molecule has 0 aliphatic heterocycles. The van der Waals surface area contributed by atoms with Crippen molar-refractivity contribution in [1.29, 1.82) is 0 Å². The molecule has 0 amide bonds. The lowest BCUT2D eigenvalue weighted by Gasteiger charge is -2.59. The minimum absolute atomic E-state index is 0.00731. The topological polar surface area (TPSA) is 118 Å². The van der Waals surface area contributed by atoms with Crippen LogP contribution in [-0.2, 0) is 9.59 Å². The number of carbonyl (C=O) groups excluding carboxylic acids is 2. The van der Waals surface area contributed by atoms with Gasteiger partial charge in [-0.3, -0.25) is 14.5 Å². The Bertz CT molecular complexity index is 797. The van der Waals surface area contributed by atoms with E-state index in [4.69, 9.17) is 5.11 Å². The van der Waals surface area contributed by atoms with E-state index in [1.807, 2.05) is 13.8 Å². The predicted octanol–water partition coefficient (Wildman–Crippen LogP) is 0.684. The van der Waals surface area contributed by atoms with Gasteiger partial charge in [-0.15, -0.1) is 0 Å². The lowest BCUT2D eigenvalue weighted by molar-refractivity contribution is -0.154. The van der Waals surface area contributed by atoms with Crippen molar-refractivity contribution in [3.8, 4) is 0 Å². The normalized spacial score (nSPS) is 46.9. The van der Waals surface area contributed by atoms with Crippen molar-refractivity contribution in [1.82, 2.24) is 4.90 Å². The second-order valence-corrected chi connectivity index (χ2v) is 11.0. The SMILES string of the molecule is CN(CCO)CC(=O)[C@H]1CC[C@@]2(O)C3=CC(=O)[C@@H]4C[C@@H](O)[C@@H](O)C[C@]4(C)C3CC[C@]12C. The lowest BCUT2D eigenvalue weighted by Crippen LogP contribution is -2.61. The van der Waals surface area contributed by atoms with Crippen molar-refractivity contribution >= 4 is 11.6 Å². The molecule has 4 rings (SSSR count). The molecule has 7 heteroatoms. The van der Waals surface area contributed by atoms with Gasteiger partial charge in [0.25, 0.3) is 0 Å². The van der Waals surface area contributed by atoms with Crippen LogP contribution in [0.5, 0.6) is 0 Å². The summed E-state index contributed by atoms with van der Waals surface area (Å²) < 4.78 is 0. The van der Waals surface area contributed by atoms with Crippen LogP contribution >= 0.6 is 0 Å². The van der Waals surface area contributed by atoms with Crippen LogP contribution in [0.2, 0.25) is 0 Å². The molecule has 0 bridgehead atoms. The molecule has 0 aromatic carbocycles. The van der Waals surface area contributed by atoms with E-state index in [1.54, 1.807) is 18.0 Å². The van der Waals surface area contributed by atoms with Gasteiger partial charge in [-0.2, -0.15) is 0 Å². The van der Waals surface area contributed by atoms with Gasteiger partial charge < -0.3 is 20.4 Å². The zero-order chi connectivity index (χ0) is 22.8. The number of Topliss-reactive ketones (excluding diaryl/α,β-unsaturated/α-hetero) is 1. The summed E-state index contributed by atoms with van der Waals surface area (Å²) in [6, 6.07) is 0. The Morgan fingerprint density at radius 1 is 1.16 bits per heavy atom. The molecule has 3 saturated carbocycles. The molecule has 0 aromatic heterocycles. The van der Waals surface area contributed by atoms with E-state index in [-0.39, 0.29) is 48.9 Å². The molecule has 8 atom stereocenters. The Hall–Kier alpha value is -1.12. The molecule has 0 aromatic rings.